The molecule has 2 aromatic heterocycles. The highest BCUT2D eigenvalue weighted by Crippen LogP contribution is 2.32. The fourth-order valence-corrected chi connectivity index (χ4v) is 3.78. The van der Waals surface area contributed by atoms with Gasteiger partial charge in [-0.1, -0.05) is 6.92 Å². The number of hydrogen-bond donors (Lipinski definition) is 1. The summed E-state index contributed by atoms with van der Waals surface area (Å²) in [6.07, 6.45) is 4.21. The van der Waals surface area contributed by atoms with Gasteiger partial charge in [0.1, 0.15) is 0 Å². The molecule has 1 saturated heterocycles. The fraction of sp³-hybridized carbons (Fsp3) is 0.632. The van der Waals surface area contributed by atoms with Crippen molar-refractivity contribution in [3.8, 4) is 0 Å². The van der Waals surface area contributed by atoms with E-state index in [-0.39, 0.29) is 19.2 Å². The molecule has 29 heavy (non-hydrogen) atoms. The number of nitrogen functional groups attached to an aromatic ring is 1. The van der Waals surface area contributed by atoms with Gasteiger partial charge in [0.05, 0.1) is 25.6 Å². The van der Waals surface area contributed by atoms with Gasteiger partial charge >= 0.3 is 11.9 Å². The molecule has 1 atom stereocenters. The third kappa shape index (κ3) is 4.10. The van der Waals surface area contributed by atoms with E-state index in [9.17, 15) is 9.59 Å². The van der Waals surface area contributed by atoms with Gasteiger partial charge in [0.25, 0.3) is 0 Å². The highest BCUT2D eigenvalue weighted by Gasteiger charge is 2.39. The van der Waals surface area contributed by atoms with E-state index in [4.69, 9.17) is 15.2 Å². The highest BCUT2D eigenvalue weighted by atomic mass is 16.6. The Labute approximate surface area is 169 Å². The van der Waals surface area contributed by atoms with Gasteiger partial charge in [0.2, 0.25) is 5.95 Å². The topological polar surface area (TPSA) is 125 Å². The monoisotopic (exact) mass is 404 g/mol. The van der Waals surface area contributed by atoms with Crippen LogP contribution in [0.2, 0.25) is 0 Å². The van der Waals surface area contributed by atoms with E-state index in [1.54, 1.807) is 24.7 Å². The predicted octanol–water partition coefficient (Wildman–Crippen LogP) is 1.70. The number of hydrogen-bond acceptors (Lipinski definition) is 9. The molecular weight excluding hydrogens is 376 g/mol. The number of fused-ring (bicyclic) bond motifs is 1. The maximum atomic E-state index is 12.6. The average molecular weight is 404 g/mol. The first-order valence-electron chi connectivity index (χ1n) is 10.1. The lowest BCUT2D eigenvalue weighted by atomic mass is 9.97. The second-order valence-electron chi connectivity index (χ2n) is 6.88. The summed E-state index contributed by atoms with van der Waals surface area (Å²) in [7, 11) is 0. The first-order valence-corrected chi connectivity index (χ1v) is 10.1. The van der Waals surface area contributed by atoms with Crippen LogP contribution in [0, 0.1) is 5.92 Å². The molecule has 1 aliphatic rings. The lowest BCUT2D eigenvalue weighted by Gasteiger charge is -2.24. The highest BCUT2D eigenvalue weighted by molar-refractivity contribution is 5.96. The van der Waals surface area contributed by atoms with E-state index in [1.807, 2.05) is 6.92 Å². The molecule has 3 heterocycles. The number of nitrogens with zero attached hydrogens (tertiary/aromatic N) is 5. The molecule has 0 spiro atoms. The van der Waals surface area contributed by atoms with Crippen LogP contribution in [0.4, 0.5) is 11.8 Å². The van der Waals surface area contributed by atoms with Crippen molar-refractivity contribution in [3.05, 3.63) is 6.33 Å². The molecular formula is C19H28N6O4. The summed E-state index contributed by atoms with van der Waals surface area (Å²) in [4.78, 5) is 40.6. The van der Waals surface area contributed by atoms with Crippen molar-refractivity contribution in [2.24, 2.45) is 5.92 Å². The van der Waals surface area contributed by atoms with Crippen molar-refractivity contribution in [2.75, 3.05) is 36.9 Å². The second-order valence-corrected chi connectivity index (χ2v) is 6.88. The van der Waals surface area contributed by atoms with E-state index < -0.39 is 23.9 Å². The zero-order chi connectivity index (χ0) is 21.0. The van der Waals surface area contributed by atoms with Crippen LogP contribution in [0.5, 0.6) is 0 Å². The number of nitrogens with two attached hydrogens (primary N) is 1. The third-order valence-electron chi connectivity index (χ3n) is 5.07. The van der Waals surface area contributed by atoms with Crippen molar-refractivity contribution < 1.29 is 19.1 Å². The predicted molar refractivity (Wildman–Crippen MR) is 107 cm³/mol. The van der Waals surface area contributed by atoms with Crippen molar-refractivity contribution in [3.63, 3.8) is 0 Å². The van der Waals surface area contributed by atoms with Crippen LogP contribution >= 0.6 is 0 Å². The molecule has 1 aliphatic heterocycles. The molecule has 10 nitrogen and oxygen atoms in total. The van der Waals surface area contributed by atoms with Gasteiger partial charge in [0, 0.05) is 13.1 Å². The Bertz CT molecular complexity index is 859. The summed E-state index contributed by atoms with van der Waals surface area (Å²) in [6, 6.07) is -0.571. The number of carbonyl (C=O) groups is 2. The second kappa shape index (κ2) is 9.06. The number of esters is 2. The van der Waals surface area contributed by atoms with Crippen molar-refractivity contribution in [1.29, 1.82) is 0 Å². The Morgan fingerprint density at radius 2 is 1.72 bits per heavy atom. The average Bonchev–Trinajstić information content (AvgIpc) is 3.35. The molecule has 0 radical (unpaired) electrons. The number of imidazole rings is 1. The van der Waals surface area contributed by atoms with Crippen LogP contribution in [0.15, 0.2) is 6.33 Å². The Balaban J connectivity index is 2.08. The van der Waals surface area contributed by atoms with E-state index in [0.29, 0.717) is 23.4 Å². The van der Waals surface area contributed by atoms with Gasteiger partial charge in [0.15, 0.2) is 22.9 Å². The van der Waals surface area contributed by atoms with E-state index >= 15 is 0 Å². The fourth-order valence-electron chi connectivity index (χ4n) is 3.78. The Hall–Kier alpha value is -2.91. The molecule has 1 fully saturated rings. The molecule has 1 unspecified atom stereocenters. The SMILES string of the molecule is CCOC(=O)C(C(=O)OCC)C(CC)n1cnc2c(N3CCCC3)nc(N)nc21. The summed E-state index contributed by atoms with van der Waals surface area (Å²) in [5.41, 5.74) is 7.07. The number of anilines is 2. The van der Waals surface area contributed by atoms with Crippen LogP contribution in [0.3, 0.4) is 0 Å². The number of carbonyl (C=O) groups excluding carboxylic acids is 2. The van der Waals surface area contributed by atoms with Crippen molar-refractivity contribution >= 4 is 34.9 Å². The minimum absolute atomic E-state index is 0.125. The summed E-state index contributed by atoms with van der Waals surface area (Å²) < 4.78 is 12.0. The van der Waals surface area contributed by atoms with Crippen molar-refractivity contribution in [2.45, 2.75) is 46.1 Å². The lowest BCUT2D eigenvalue weighted by Crippen LogP contribution is -2.35. The minimum atomic E-state index is -1.12. The van der Waals surface area contributed by atoms with E-state index in [2.05, 4.69) is 19.9 Å². The molecule has 0 saturated carbocycles. The van der Waals surface area contributed by atoms with Crippen LogP contribution in [0.25, 0.3) is 11.2 Å². The maximum Gasteiger partial charge on any atom is 0.322 e. The van der Waals surface area contributed by atoms with Gasteiger partial charge < -0.3 is 24.7 Å². The Kier molecular flexibility index (Phi) is 6.50. The van der Waals surface area contributed by atoms with Gasteiger partial charge in [-0.15, -0.1) is 0 Å². The summed E-state index contributed by atoms with van der Waals surface area (Å²) in [5.74, 6) is -1.56. The minimum Gasteiger partial charge on any atom is -0.465 e. The summed E-state index contributed by atoms with van der Waals surface area (Å²) in [5, 5.41) is 0. The third-order valence-corrected chi connectivity index (χ3v) is 5.07. The number of aromatic nitrogens is 4. The first-order chi connectivity index (χ1) is 14.0. The van der Waals surface area contributed by atoms with E-state index in [0.717, 1.165) is 25.9 Å². The molecule has 0 aromatic carbocycles. The largest absolute Gasteiger partial charge is 0.465 e. The zero-order valence-corrected chi connectivity index (χ0v) is 17.1. The van der Waals surface area contributed by atoms with Crippen LogP contribution in [-0.4, -0.2) is 57.8 Å². The van der Waals surface area contributed by atoms with Crippen LogP contribution < -0.4 is 10.6 Å². The molecule has 0 amide bonds. The Morgan fingerprint density at radius 1 is 1.10 bits per heavy atom. The maximum absolute atomic E-state index is 12.6. The first kappa shape index (κ1) is 20.8. The van der Waals surface area contributed by atoms with Gasteiger partial charge in [-0.05, 0) is 33.1 Å². The standard InChI is InChI=1S/C19H28N6O4/c1-4-12(13(17(26)28-5-2)18(27)29-6-3)25-11-21-14-15(24-9-7-8-10-24)22-19(20)23-16(14)25/h11-13H,4-10H2,1-3H3,(H2,20,22,23). The smallest absolute Gasteiger partial charge is 0.322 e. The van der Waals surface area contributed by atoms with Gasteiger partial charge in [-0.25, -0.2) is 4.98 Å². The molecule has 158 valence electrons. The normalized spacial score (nSPS) is 15.1. The quantitative estimate of drug-likeness (QED) is 0.517. The lowest BCUT2D eigenvalue weighted by molar-refractivity contribution is -0.164. The number of ether oxygens (including phenoxy) is 2. The van der Waals surface area contributed by atoms with Crippen molar-refractivity contribution in [1.82, 2.24) is 19.5 Å². The van der Waals surface area contributed by atoms with Gasteiger partial charge in [-0.2, -0.15) is 9.97 Å². The molecule has 10 heteroatoms. The van der Waals surface area contributed by atoms with Crippen LogP contribution in [-0.2, 0) is 19.1 Å². The van der Waals surface area contributed by atoms with Gasteiger partial charge in [-0.3, -0.25) is 9.59 Å². The summed E-state index contributed by atoms with van der Waals surface area (Å²) in [6.45, 7) is 7.38. The summed E-state index contributed by atoms with van der Waals surface area (Å²) >= 11 is 0. The number of rotatable bonds is 8. The molecule has 0 bridgehead atoms. The molecule has 2 aromatic rings. The molecule has 0 aliphatic carbocycles. The Morgan fingerprint density at radius 3 is 2.28 bits per heavy atom. The van der Waals surface area contributed by atoms with E-state index in [1.165, 1.54) is 0 Å². The molecule has 2 N–H and O–H groups in total. The van der Waals surface area contributed by atoms with Crippen LogP contribution in [0.1, 0.15) is 46.1 Å². The molecule has 3 rings (SSSR count). The zero-order valence-electron chi connectivity index (χ0n) is 17.1.